The third-order valence-electron chi connectivity index (χ3n) is 2.59. The predicted molar refractivity (Wildman–Crippen MR) is 76.7 cm³/mol. The van der Waals surface area contributed by atoms with E-state index in [0.29, 0.717) is 12.2 Å². The Hall–Kier alpha value is -1.40. The average Bonchev–Trinajstić information content (AvgIpc) is 2.26. The molecule has 19 heavy (non-hydrogen) atoms. The van der Waals surface area contributed by atoms with Crippen molar-refractivity contribution in [2.24, 2.45) is 11.7 Å². The molecular weight excluding hydrogens is 264 g/mol. The first-order valence-corrected chi connectivity index (χ1v) is 7.91. The van der Waals surface area contributed by atoms with Crippen molar-refractivity contribution in [2.45, 2.75) is 13.8 Å². The highest BCUT2D eigenvalue weighted by molar-refractivity contribution is 7.92. The molecule has 1 rings (SSSR count). The van der Waals surface area contributed by atoms with Crippen molar-refractivity contribution in [3.63, 3.8) is 0 Å². The lowest BCUT2D eigenvalue weighted by molar-refractivity contribution is -0.113. The van der Waals surface area contributed by atoms with Gasteiger partial charge >= 0.3 is 0 Å². The molecule has 6 heteroatoms. The lowest BCUT2D eigenvalue weighted by Gasteiger charge is -2.10. The maximum atomic E-state index is 11.8. The van der Waals surface area contributed by atoms with E-state index in [1.807, 2.05) is 13.0 Å². The topological polar surface area (TPSA) is 89.3 Å². The van der Waals surface area contributed by atoms with E-state index >= 15 is 0 Å². The molecule has 1 aromatic carbocycles. The highest BCUT2D eigenvalue weighted by Crippen LogP contribution is 2.10. The minimum Gasteiger partial charge on any atom is -0.330 e. The number of nitrogens with two attached hydrogens (primary N) is 1. The standard InChI is InChI=1S/C13H20N2O3S/c1-10-4-3-5-12(6-10)15-13(16)9-19(17,18)8-11(2)7-14/h3-6,11H,7-9,14H2,1-2H3,(H,15,16). The third kappa shape index (κ3) is 5.85. The minimum absolute atomic E-state index is 0.0647. The van der Waals surface area contributed by atoms with Gasteiger partial charge in [0, 0.05) is 5.69 Å². The van der Waals surface area contributed by atoms with Crippen LogP contribution in [0.5, 0.6) is 0 Å². The van der Waals surface area contributed by atoms with E-state index in [0.717, 1.165) is 5.56 Å². The van der Waals surface area contributed by atoms with Crippen molar-refractivity contribution < 1.29 is 13.2 Å². The minimum atomic E-state index is -3.41. The van der Waals surface area contributed by atoms with Gasteiger partial charge in [-0.3, -0.25) is 4.79 Å². The van der Waals surface area contributed by atoms with Crippen LogP contribution in [0, 0.1) is 12.8 Å². The number of amides is 1. The largest absolute Gasteiger partial charge is 0.330 e. The molecule has 5 nitrogen and oxygen atoms in total. The van der Waals surface area contributed by atoms with Crippen molar-refractivity contribution in [3.05, 3.63) is 29.8 Å². The average molecular weight is 284 g/mol. The molecule has 1 aromatic rings. The van der Waals surface area contributed by atoms with Gasteiger partial charge < -0.3 is 11.1 Å². The van der Waals surface area contributed by atoms with Crippen LogP contribution >= 0.6 is 0 Å². The summed E-state index contributed by atoms with van der Waals surface area (Å²) in [5.74, 6) is -1.23. The zero-order valence-electron chi connectivity index (χ0n) is 11.2. The second-order valence-electron chi connectivity index (χ2n) is 4.81. The summed E-state index contributed by atoms with van der Waals surface area (Å²) < 4.78 is 23.5. The van der Waals surface area contributed by atoms with Crippen LogP contribution in [0.15, 0.2) is 24.3 Å². The molecule has 0 saturated carbocycles. The molecule has 0 bridgehead atoms. The molecule has 0 heterocycles. The molecule has 1 unspecified atom stereocenters. The van der Waals surface area contributed by atoms with Crippen molar-refractivity contribution in [3.8, 4) is 0 Å². The van der Waals surface area contributed by atoms with Gasteiger partial charge in [0.2, 0.25) is 5.91 Å². The predicted octanol–water partition coefficient (Wildman–Crippen LogP) is 0.943. The summed E-state index contributed by atoms with van der Waals surface area (Å²) in [6.07, 6.45) is 0. The second kappa shape index (κ2) is 6.68. The SMILES string of the molecule is Cc1cccc(NC(=O)CS(=O)(=O)CC(C)CN)c1. The lowest BCUT2D eigenvalue weighted by atomic mass is 10.2. The van der Waals surface area contributed by atoms with E-state index in [1.165, 1.54) is 0 Å². The highest BCUT2D eigenvalue weighted by Gasteiger charge is 2.19. The fourth-order valence-corrected chi connectivity index (χ4v) is 3.27. The molecule has 1 amide bonds. The quantitative estimate of drug-likeness (QED) is 0.813. The van der Waals surface area contributed by atoms with Crippen molar-refractivity contribution >= 4 is 21.4 Å². The maximum absolute atomic E-state index is 11.8. The number of hydrogen-bond donors (Lipinski definition) is 2. The van der Waals surface area contributed by atoms with Crippen LogP contribution in [0.1, 0.15) is 12.5 Å². The molecule has 0 saturated heterocycles. The lowest BCUT2D eigenvalue weighted by Crippen LogP contribution is -2.29. The van der Waals surface area contributed by atoms with Crippen molar-refractivity contribution in [1.29, 1.82) is 0 Å². The summed E-state index contributed by atoms with van der Waals surface area (Å²) in [6.45, 7) is 3.93. The molecule has 0 fully saturated rings. The number of rotatable bonds is 6. The monoisotopic (exact) mass is 284 g/mol. The van der Waals surface area contributed by atoms with Gasteiger partial charge in [0.25, 0.3) is 0 Å². The highest BCUT2D eigenvalue weighted by atomic mass is 32.2. The van der Waals surface area contributed by atoms with E-state index in [-0.39, 0.29) is 11.7 Å². The van der Waals surface area contributed by atoms with Crippen LogP contribution in [0.4, 0.5) is 5.69 Å². The first-order chi connectivity index (χ1) is 8.82. The second-order valence-corrected chi connectivity index (χ2v) is 6.92. The molecule has 0 aliphatic heterocycles. The van der Waals surface area contributed by atoms with Crippen LogP contribution in [0.3, 0.4) is 0 Å². The number of hydrogen-bond acceptors (Lipinski definition) is 4. The summed E-state index contributed by atoms with van der Waals surface area (Å²) in [6, 6.07) is 7.21. The number of sulfone groups is 1. The number of carbonyl (C=O) groups excluding carboxylic acids is 1. The fraction of sp³-hybridized carbons (Fsp3) is 0.462. The van der Waals surface area contributed by atoms with Gasteiger partial charge in [-0.1, -0.05) is 19.1 Å². The Balaban J connectivity index is 2.60. The number of anilines is 1. The van der Waals surface area contributed by atoms with Crippen molar-refractivity contribution in [2.75, 3.05) is 23.4 Å². The maximum Gasteiger partial charge on any atom is 0.239 e. The third-order valence-corrected chi connectivity index (χ3v) is 4.37. The first kappa shape index (κ1) is 15.7. The summed E-state index contributed by atoms with van der Waals surface area (Å²) in [5, 5.41) is 2.58. The van der Waals surface area contributed by atoms with E-state index in [1.54, 1.807) is 25.1 Å². The van der Waals surface area contributed by atoms with Crippen LogP contribution < -0.4 is 11.1 Å². The molecule has 106 valence electrons. The van der Waals surface area contributed by atoms with E-state index < -0.39 is 21.5 Å². The van der Waals surface area contributed by atoms with E-state index in [2.05, 4.69) is 5.32 Å². The molecule has 0 aromatic heterocycles. The van der Waals surface area contributed by atoms with E-state index in [4.69, 9.17) is 5.73 Å². The number of aryl methyl sites for hydroxylation is 1. The summed E-state index contributed by atoms with van der Waals surface area (Å²) in [7, 11) is -3.41. The Kier molecular flexibility index (Phi) is 5.50. The Bertz CT molecular complexity index is 541. The summed E-state index contributed by atoms with van der Waals surface area (Å²) in [5.41, 5.74) is 6.99. The Morgan fingerprint density at radius 2 is 2.11 bits per heavy atom. The first-order valence-electron chi connectivity index (χ1n) is 6.09. The Morgan fingerprint density at radius 1 is 1.42 bits per heavy atom. The Morgan fingerprint density at radius 3 is 2.68 bits per heavy atom. The van der Waals surface area contributed by atoms with Gasteiger partial charge in [0.1, 0.15) is 5.75 Å². The number of nitrogens with one attached hydrogen (secondary N) is 1. The molecule has 0 radical (unpaired) electrons. The molecule has 1 atom stereocenters. The fourth-order valence-electron chi connectivity index (χ4n) is 1.68. The van der Waals surface area contributed by atoms with Crippen LogP contribution in [-0.2, 0) is 14.6 Å². The normalized spacial score (nSPS) is 13.0. The van der Waals surface area contributed by atoms with Crippen molar-refractivity contribution in [1.82, 2.24) is 0 Å². The zero-order chi connectivity index (χ0) is 14.5. The van der Waals surface area contributed by atoms with Crippen LogP contribution in [0.25, 0.3) is 0 Å². The Labute approximate surface area is 114 Å². The van der Waals surface area contributed by atoms with Gasteiger partial charge in [-0.05, 0) is 37.1 Å². The van der Waals surface area contributed by atoms with Crippen LogP contribution in [-0.4, -0.2) is 32.4 Å². The number of benzene rings is 1. The molecular formula is C13H20N2O3S. The summed E-state index contributed by atoms with van der Waals surface area (Å²) >= 11 is 0. The van der Waals surface area contributed by atoms with Crippen LogP contribution in [0.2, 0.25) is 0 Å². The molecule has 0 aliphatic rings. The number of carbonyl (C=O) groups is 1. The van der Waals surface area contributed by atoms with Gasteiger partial charge in [0.05, 0.1) is 5.75 Å². The smallest absolute Gasteiger partial charge is 0.239 e. The van der Waals surface area contributed by atoms with Gasteiger partial charge in [-0.15, -0.1) is 0 Å². The van der Waals surface area contributed by atoms with Gasteiger partial charge in [-0.25, -0.2) is 8.42 Å². The molecule has 0 spiro atoms. The summed E-state index contributed by atoms with van der Waals surface area (Å²) in [4.78, 5) is 11.7. The zero-order valence-corrected chi connectivity index (χ0v) is 12.0. The van der Waals surface area contributed by atoms with Gasteiger partial charge in [0.15, 0.2) is 9.84 Å². The van der Waals surface area contributed by atoms with Gasteiger partial charge in [-0.2, -0.15) is 0 Å². The van der Waals surface area contributed by atoms with E-state index in [9.17, 15) is 13.2 Å². The molecule has 3 N–H and O–H groups in total. The molecule has 0 aliphatic carbocycles.